The first-order chi connectivity index (χ1) is 13.4. The van der Waals surface area contributed by atoms with Crippen molar-refractivity contribution < 1.29 is 38.3 Å². The molecule has 1 aliphatic rings. The van der Waals surface area contributed by atoms with Gasteiger partial charge in [-0.15, -0.1) is 5.06 Å². The van der Waals surface area contributed by atoms with Gasteiger partial charge in [-0.1, -0.05) is 30.3 Å². The predicted molar refractivity (Wildman–Crippen MR) is 92.0 cm³/mol. The van der Waals surface area contributed by atoms with Crippen molar-refractivity contribution in [3.63, 3.8) is 0 Å². The highest BCUT2D eigenvalue weighted by atomic mass is 16.7. The number of esters is 1. The van der Waals surface area contributed by atoms with E-state index >= 15 is 0 Å². The van der Waals surface area contributed by atoms with Crippen molar-refractivity contribution in [2.24, 2.45) is 0 Å². The molecule has 1 saturated heterocycles. The minimum atomic E-state index is -1.32. The molecular weight excluding hydrogens is 372 g/mol. The average molecular weight is 392 g/mol. The number of hydrogen-bond acceptors (Lipinski definition) is 8. The molecule has 0 unspecified atom stereocenters. The summed E-state index contributed by atoms with van der Waals surface area (Å²) in [6, 6.07) is 7.54. The highest BCUT2D eigenvalue weighted by Crippen LogP contribution is 2.14. The van der Waals surface area contributed by atoms with Crippen LogP contribution in [0.2, 0.25) is 0 Å². The minimum Gasteiger partial charge on any atom is -0.469 e. The number of nitrogens with one attached hydrogen (secondary N) is 1. The summed E-state index contributed by atoms with van der Waals surface area (Å²) in [7, 11) is 1.18. The van der Waals surface area contributed by atoms with E-state index in [4.69, 9.17) is 9.57 Å². The second kappa shape index (κ2) is 10.0. The van der Waals surface area contributed by atoms with Crippen LogP contribution in [0.15, 0.2) is 30.3 Å². The third-order valence-electron chi connectivity index (χ3n) is 3.84. The smallest absolute Gasteiger partial charge is 0.408 e. The zero-order valence-corrected chi connectivity index (χ0v) is 15.2. The van der Waals surface area contributed by atoms with Gasteiger partial charge in [0.05, 0.1) is 7.11 Å². The van der Waals surface area contributed by atoms with Crippen LogP contribution < -0.4 is 5.32 Å². The normalized spacial score (nSPS) is 14.4. The van der Waals surface area contributed by atoms with Crippen LogP contribution in [0.25, 0.3) is 0 Å². The number of carbonyl (C=O) groups is 5. The van der Waals surface area contributed by atoms with Gasteiger partial charge >= 0.3 is 18.0 Å². The third-order valence-corrected chi connectivity index (χ3v) is 3.84. The number of benzene rings is 1. The molecule has 1 fully saturated rings. The summed E-state index contributed by atoms with van der Waals surface area (Å²) in [5.74, 6) is -2.98. The van der Waals surface area contributed by atoms with Gasteiger partial charge in [-0.25, -0.2) is 9.59 Å². The molecule has 1 aromatic rings. The Bertz CT molecular complexity index is 733. The van der Waals surface area contributed by atoms with Crippen LogP contribution in [0.5, 0.6) is 0 Å². The van der Waals surface area contributed by atoms with Crippen molar-refractivity contribution in [3.05, 3.63) is 35.9 Å². The van der Waals surface area contributed by atoms with Crippen LogP contribution in [0.4, 0.5) is 4.79 Å². The first kappa shape index (κ1) is 20.9. The first-order valence-electron chi connectivity index (χ1n) is 8.52. The quantitative estimate of drug-likeness (QED) is 0.509. The number of carbonyl (C=O) groups excluding carboxylic acids is 5. The van der Waals surface area contributed by atoms with E-state index in [2.05, 4.69) is 10.1 Å². The van der Waals surface area contributed by atoms with Crippen molar-refractivity contribution in [2.75, 3.05) is 7.11 Å². The van der Waals surface area contributed by atoms with Crippen LogP contribution in [0, 0.1) is 0 Å². The third kappa shape index (κ3) is 6.08. The fraction of sp³-hybridized carbons (Fsp3) is 0.389. The number of rotatable bonds is 8. The van der Waals surface area contributed by atoms with Gasteiger partial charge < -0.3 is 19.6 Å². The van der Waals surface area contributed by atoms with E-state index in [1.54, 1.807) is 24.3 Å². The average Bonchev–Trinajstić information content (AvgIpc) is 3.01. The SMILES string of the molecule is COC(=O)CC[C@@H](NC(=O)OCc1ccccc1)C(=O)ON1C(=O)CCC1=O. The molecule has 0 saturated carbocycles. The van der Waals surface area contributed by atoms with E-state index in [-0.39, 0.29) is 32.3 Å². The largest absolute Gasteiger partial charge is 0.469 e. The standard InChI is InChI=1S/C18H20N2O8/c1-26-16(23)10-7-13(17(24)28-20-14(21)8-9-15(20)22)19-18(25)27-11-12-5-3-2-4-6-12/h2-6,13H,7-11H2,1H3,(H,19,25)/t13-/m1/s1. The molecule has 0 aliphatic carbocycles. The van der Waals surface area contributed by atoms with E-state index < -0.39 is 35.9 Å². The van der Waals surface area contributed by atoms with Gasteiger partial charge in [0.1, 0.15) is 12.6 Å². The summed E-state index contributed by atoms with van der Waals surface area (Å²) in [6.07, 6.45) is -1.41. The number of alkyl carbamates (subject to hydrolysis) is 1. The lowest BCUT2D eigenvalue weighted by Crippen LogP contribution is -2.45. The van der Waals surface area contributed by atoms with Crippen molar-refractivity contribution in [3.8, 4) is 0 Å². The topological polar surface area (TPSA) is 128 Å². The Morgan fingerprint density at radius 3 is 2.36 bits per heavy atom. The fourth-order valence-electron chi connectivity index (χ4n) is 2.33. The Morgan fingerprint density at radius 2 is 1.75 bits per heavy atom. The Morgan fingerprint density at radius 1 is 1.11 bits per heavy atom. The lowest BCUT2D eigenvalue weighted by molar-refractivity contribution is -0.199. The zero-order chi connectivity index (χ0) is 20.5. The van der Waals surface area contributed by atoms with Crippen LogP contribution in [0.3, 0.4) is 0 Å². The maximum atomic E-state index is 12.3. The minimum absolute atomic E-state index is 0.0332. The molecule has 0 radical (unpaired) electrons. The predicted octanol–water partition coefficient (Wildman–Crippen LogP) is 0.842. The summed E-state index contributed by atoms with van der Waals surface area (Å²) in [5.41, 5.74) is 0.736. The van der Waals surface area contributed by atoms with Gasteiger partial charge in [0.15, 0.2) is 0 Å². The molecule has 2 rings (SSSR count). The number of imide groups is 1. The molecule has 10 heteroatoms. The molecule has 10 nitrogen and oxygen atoms in total. The number of ether oxygens (including phenoxy) is 2. The molecular formula is C18H20N2O8. The molecule has 1 aromatic carbocycles. The van der Waals surface area contributed by atoms with Gasteiger partial charge in [0.25, 0.3) is 11.8 Å². The zero-order valence-electron chi connectivity index (χ0n) is 15.2. The van der Waals surface area contributed by atoms with E-state index in [9.17, 15) is 24.0 Å². The Labute approximate surface area is 160 Å². The molecule has 1 heterocycles. The molecule has 1 N–H and O–H groups in total. The summed E-state index contributed by atoms with van der Waals surface area (Å²) >= 11 is 0. The number of hydroxylamine groups is 2. The first-order valence-corrected chi connectivity index (χ1v) is 8.52. The molecule has 150 valence electrons. The van der Waals surface area contributed by atoms with E-state index in [1.807, 2.05) is 6.07 Å². The number of hydrogen-bond donors (Lipinski definition) is 1. The fourth-order valence-corrected chi connectivity index (χ4v) is 2.33. The number of nitrogens with zero attached hydrogens (tertiary/aromatic N) is 1. The Kier molecular flexibility index (Phi) is 7.49. The summed E-state index contributed by atoms with van der Waals surface area (Å²) in [6.45, 7) is -0.0332. The second-order valence-corrected chi connectivity index (χ2v) is 5.87. The Hall–Kier alpha value is -3.43. The van der Waals surface area contributed by atoms with E-state index in [0.717, 1.165) is 5.56 Å². The van der Waals surface area contributed by atoms with Crippen molar-refractivity contribution in [1.82, 2.24) is 10.4 Å². The van der Waals surface area contributed by atoms with Gasteiger partial charge in [0, 0.05) is 19.3 Å². The lowest BCUT2D eigenvalue weighted by Gasteiger charge is -2.19. The van der Waals surface area contributed by atoms with Crippen molar-refractivity contribution in [1.29, 1.82) is 0 Å². The van der Waals surface area contributed by atoms with Crippen LogP contribution in [-0.4, -0.2) is 48.1 Å². The molecule has 0 bridgehead atoms. The molecule has 0 aromatic heterocycles. The Balaban J connectivity index is 1.96. The van der Waals surface area contributed by atoms with Crippen molar-refractivity contribution >= 4 is 29.8 Å². The second-order valence-electron chi connectivity index (χ2n) is 5.87. The van der Waals surface area contributed by atoms with E-state index in [0.29, 0.717) is 5.06 Å². The molecule has 0 spiro atoms. The van der Waals surface area contributed by atoms with Crippen LogP contribution in [-0.2, 0) is 40.1 Å². The lowest BCUT2D eigenvalue weighted by atomic mass is 10.1. The highest BCUT2D eigenvalue weighted by molar-refractivity contribution is 6.01. The summed E-state index contributed by atoms with van der Waals surface area (Å²) in [4.78, 5) is 63.6. The van der Waals surface area contributed by atoms with Gasteiger partial charge in [-0.3, -0.25) is 14.4 Å². The summed E-state index contributed by atoms with van der Waals surface area (Å²) < 4.78 is 9.54. The highest BCUT2D eigenvalue weighted by Gasteiger charge is 2.35. The van der Waals surface area contributed by atoms with Gasteiger partial charge in [-0.2, -0.15) is 0 Å². The molecule has 28 heavy (non-hydrogen) atoms. The van der Waals surface area contributed by atoms with Crippen LogP contribution >= 0.6 is 0 Å². The molecule has 1 aliphatic heterocycles. The van der Waals surface area contributed by atoms with Gasteiger partial charge in [-0.05, 0) is 12.0 Å². The number of amides is 3. The summed E-state index contributed by atoms with van der Waals surface area (Å²) in [5, 5.41) is 2.64. The van der Waals surface area contributed by atoms with Crippen LogP contribution in [0.1, 0.15) is 31.2 Å². The van der Waals surface area contributed by atoms with E-state index in [1.165, 1.54) is 7.11 Å². The molecule has 1 atom stereocenters. The maximum absolute atomic E-state index is 12.3. The number of methoxy groups -OCH3 is 1. The van der Waals surface area contributed by atoms with Crippen molar-refractivity contribution in [2.45, 2.75) is 38.3 Å². The molecule has 3 amide bonds. The van der Waals surface area contributed by atoms with Gasteiger partial charge in [0.2, 0.25) is 0 Å². The monoisotopic (exact) mass is 392 g/mol. The maximum Gasteiger partial charge on any atom is 0.408 e.